The summed E-state index contributed by atoms with van der Waals surface area (Å²) in [5, 5.41) is 5.99. The number of aryl methyl sites for hydroxylation is 1. The van der Waals surface area contributed by atoms with Gasteiger partial charge in [0.05, 0.1) is 17.3 Å². The van der Waals surface area contributed by atoms with Gasteiger partial charge >= 0.3 is 6.03 Å². The van der Waals surface area contributed by atoms with E-state index >= 15 is 0 Å². The average molecular weight is 319 g/mol. The Morgan fingerprint density at radius 2 is 1.86 bits per heavy atom. The monoisotopic (exact) mass is 318 g/mol. The van der Waals surface area contributed by atoms with Crippen LogP contribution in [0.4, 0.5) is 10.5 Å². The van der Waals surface area contributed by atoms with Gasteiger partial charge in [0.25, 0.3) is 0 Å². The van der Waals surface area contributed by atoms with Gasteiger partial charge in [-0.25, -0.2) is 4.79 Å². The number of halogens is 1. The van der Waals surface area contributed by atoms with Crippen molar-refractivity contribution in [2.24, 2.45) is 0 Å². The molecule has 0 bridgehead atoms. The Hall–Kier alpha value is -2.20. The van der Waals surface area contributed by atoms with Gasteiger partial charge in [-0.15, -0.1) is 0 Å². The maximum Gasteiger partial charge on any atom is 0.319 e. The molecule has 2 N–H and O–H groups in total. The van der Waals surface area contributed by atoms with Gasteiger partial charge in [-0.2, -0.15) is 0 Å². The maximum absolute atomic E-state index is 11.7. The van der Waals surface area contributed by atoms with Crippen LogP contribution >= 0.6 is 11.6 Å². The van der Waals surface area contributed by atoms with E-state index in [4.69, 9.17) is 16.3 Å². The standard InChI is InChI=1S/C17H19ClN2O2/c1-13-7-2-5-10-16(13)22-12-6-11-19-17(21)20-15-9-4-3-8-14(15)18/h2-5,7-10H,6,11-12H2,1H3,(H2,19,20,21). The lowest BCUT2D eigenvalue weighted by Crippen LogP contribution is -2.30. The molecule has 0 spiro atoms. The Bertz CT molecular complexity index is 632. The lowest BCUT2D eigenvalue weighted by molar-refractivity contribution is 0.250. The summed E-state index contributed by atoms with van der Waals surface area (Å²) >= 11 is 5.97. The number of para-hydroxylation sites is 2. The van der Waals surface area contributed by atoms with Crippen LogP contribution in [0.1, 0.15) is 12.0 Å². The number of amides is 2. The number of rotatable bonds is 6. The van der Waals surface area contributed by atoms with Gasteiger partial charge in [-0.3, -0.25) is 0 Å². The number of hydrogen-bond acceptors (Lipinski definition) is 2. The highest BCUT2D eigenvalue weighted by Gasteiger charge is 2.04. The topological polar surface area (TPSA) is 50.4 Å². The number of ether oxygens (including phenoxy) is 1. The Kier molecular flexibility index (Phi) is 6.10. The summed E-state index contributed by atoms with van der Waals surface area (Å²) < 4.78 is 5.66. The lowest BCUT2D eigenvalue weighted by atomic mass is 10.2. The molecule has 2 amide bonds. The van der Waals surface area contributed by atoms with E-state index in [1.165, 1.54) is 0 Å². The molecule has 116 valence electrons. The maximum atomic E-state index is 11.7. The predicted octanol–water partition coefficient (Wildman–Crippen LogP) is 4.24. The van der Waals surface area contributed by atoms with Gasteiger partial charge in [0.15, 0.2) is 0 Å². The molecule has 0 unspecified atom stereocenters. The summed E-state index contributed by atoms with van der Waals surface area (Å²) in [6.07, 6.45) is 0.726. The third-order valence-corrected chi connectivity index (χ3v) is 3.41. The van der Waals surface area contributed by atoms with Crippen LogP contribution in [0.2, 0.25) is 5.02 Å². The van der Waals surface area contributed by atoms with Gasteiger partial charge in [0.1, 0.15) is 5.75 Å². The molecule has 2 aromatic carbocycles. The zero-order chi connectivity index (χ0) is 15.8. The van der Waals surface area contributed by atoms with E-state index in [-0.39, 0.29) is 6.03 Å². The minimum atomic E-state index is -0.274. The van der Waals surface area contributed by atoms with E-state index in [1.54, 1.807) is 12.1 Å². The zero-order valence-electron chi connectivity index (χ0n) is 12.4. The Morgan fingerprint density at radius 3 is 2.64 bits per heavy atom. The SMILES string of the molecule is Cc1ccccc1OCCCNC(=O)Nc1ccccc1Cl. The zero-order valence-corrected chi connectivity index (χ0v) is 13.2. The van der Waals surface area contributed by atoms with Gasteiger partial charge in [-0.1, -0.05) is 41.9 Å². The predicted molar refractivity (Wildman–Crippen MR) is 89.8 cm³/mol. The minimum Gasteiger partial charge on any atom is -0.493 e. The average Bonchev–Trinajstić information content (AvgIpc) is 2.51. The quantitative estimate of drug-likeness (QED) is 0.783. The highest BCUT2D eigenvalue weighted by Crippen LogP contribution is 2.20. The molecule has 0 radical (unpaired) electrons. The summed E-state index contributed by atoms with van der Waals surface area (Å²) in [5.74, 6) is 0.878. The molecule has 0 saturated heterocycles. The van der Waals surface area contributed by atoms with Crippen LogP contribution in [0.3, 0.4) is 0 Å². The van der Waals surface area contributed by atoms with E-state index in [0.29, 0.717) is 23.9 Å². The molecule has 22 heavy (non-hydrogen) atoms. The second kappa shape index (κ2) is 8.29. The highest BCUT2D eigenvalue weighted by molar-refractivity contribution is 6.33. The number of carbonyl (C=O) groups is 1. The summed E-state index contributed by atoms with van der Waals surface area (Å²) in [4.78, 5) is 11.7. The second-order valence-corrected chi connectivity index (χ2v) is 5.24. The second-order valence-electron chi connectivity index (χ2n) is 4.83. The normalized spacial score (nSPS) is 10.1. The molecule has 0 atom stereocenters. The van der Waals surface area contributed by atoms with E-state index < -0.39 is 0 Å². The number of anilines is 1. The molecule has 2 rings (SSSR count). The van der Waals surface area contributed by atoms with Crippen molar-refractivity contribution in [1.82, 2.24) is 5.32 Å². The molecule has 0 fully saturated rings. The third kappa shape index (κ3) is 4.97. The Balaban J connectivity index is 1.65. The van der Waals surface area contributed by atoms with Crippen LogP contribution in [-0.2, 0) is 0 Å². The molecular weight excluding hydrogens is 300 g/mol. The largest absolute Gasteiger partial charge is 0.493 e. The number of benzene rings is 2. The summed E-state index contributed by atoms with van der Waals surface area (Å²) in [6.45, 7) is 3.09. The molecule has 0 aliphatic rings. The molecule has 5 heteroatoms. The summed E-state index contributed by atoms with van der Waals surface area (Å²) in [7, 11) is 0. The molecule has 0 aliphatic heterocycles. The number of hydrogen-bond donors (Lipinski definition) is 2. The molecule has 4 nitrogen and oxygen atoms in total. The first-order chi connectivity index (χ1) is 10.7. The van der Waals surface area contributed by atoms with Crippen molar-refractivity contribution in [2.75, 3.05) is 18.5 Å². The third-order valence-electron chi connectivity index (χ3n) is 3.08. The van der Waals surface area contributed by atoms with Gasteiger partial charge in [0.2, 0.25) is 0 Å². The molecule has 0 saturated carbocycles. The number of nitrogens with one attached hydrogen (secondary N) is 2. The van der Waals surface area contributed by atoms with Crippen molar-refractivity contribution in [1.29, 1.82) is 0 Å². The smallest absolute Gasteiger partial charge is 0.319 e. The van der Waals surface area contributed by atoms with Crippen molar-refractivity contribution in [3.8, 4) is 5.75 Å². The fraction of sp³-hybridized carbons (Fsp3) is 0.235. The van der Waals surface area contributed by atoms with Gasteiger partial charge in [0, 0.05) is 6.54 Å². The minimum absolute atomic E-state index is 0.274. The molecule has 0 heterocycles. The fourth-order valence-electron chi connectivity index (χ4n) is 1.90. The number of carbonyl (C=O) groups excluding carboxylic acids is 1. The molecule has 0 aliphatic carbocycles. The van der Waals surface area contributed by atoms with Crippen molar-refractivity contribution in [3.05, 3.63) is 59.1 Å². The van der Waals surface area contributed by atoms with Gasteiger partial charge in [-0.05, 0) is 37.1 Å². The molecule has 0 aromatic heterocycles. The van der Waals surface area contributed by atoms with Gasteiger partial charge < -0.3 is 15.4 Å². The number of urea groups is 1. The Morgan fingerprint density at radius 1 is 1.14 bits per heavy atom. The summed E-state index contributed by atoms with van der Waals surface area (Å²) in [6, 6.07) is 14.7. The highest BCUT2D eigenvalue weighted by atomic mass is 35.5. The first-order valence-corrected chi connectivity index (χ1v) is 7.52. The van der Waals surface area contributed by atoms with Crippen LogP contribution in [0.5, 0.6) is 5.75 Å². The van der Waals surface area contributed by atoms with Crippen LogP contribution in [0, 0.1) is 6.92 Å². The van der Waals surface area contributed by atoms with Crippen LogP contribution in [0.25, 0.3) is 0 Å². The fourth-order valence-corrected chi connectivity index (χ4v) is 2.09. The first-order valence-electron chi connectivity index (χ1n) is 7.14. The van der Waals surface area contributed by atoms with Crippen LogP contribution in [0.15, 0.2) is 48.5 Å². The van der Waals surface area contributed by atoms with Crippen molar-refractivity contribution < 1.29 is 9.53 Å². The van der Waals surface area contributed by atoms with Crippen molar-refractivity contribution in [3.63, 3.8) is 0 Å². The van der Waals surface area contributed by atoms with E-state index in [2.05, 4.69) is 10.6 Å². The van der Waals surface area contributed by atoms with Crippen LogP contribution < -0.4 is 15.4 Å². The first kappa shape index (κ1) is 16.2. The van der Waals surface area contributed by atoms with E-state index in [0.717, 1.165) is 17.7 Å². The van der Waals surface area contributed by atoms with Crippen molar-refractivity contribution in [2.45, 2.75) is 13.3 Å². The van der Waals surface area contributed by atoms with E-state index in [1.807, 2.05) is 43.3 Å². The Labute approximate surface area is 135 Å². The van der Waals surface area contributed by atoms with Crippen LogP contribution in [-0.4, -0.2) is 19.2 Å². The summed E-state index contributed by atoms with van der Waals surface area (Å²) in [5.41, 5.74) is 1.70. The lowest BCUT2D eigenvalue weighted by Gasteiger charge is -2.10. The van der Waals surface area contributed by atoms with E-state index in [9.17, 15) is 4.79 Å². The van der Waals surface area contributed by atoms with Crippen molar-refractivity contribution >= 4 is 23.3 Å². The molecule has 2 aromatic rings. The molecular formula is C17H19ClN2O2.